The van der Waals surface area contributed by atoms with Crippen molar-refractivity contribution in [1.82, 2.24) is 15.5 Å². The highest BCUT2D eigenvalue weighted by Gasteiger charge is 2.27. The van der Waals surface area contributed by atoms with E-state index in [0.29, 0.717) is 24.6 Å². The van der Waals surface area contributed by atoms with E-state index in [9.17, 15) is 9.50 Å². The summed E-state index contributed by atoms with van der Waals surface area (Å²) in [6.07, 6.45) is 3.13. The Labute approximate surface area is 179 Å². The Morgan fingerprint density at radius 3 is 2.41 bits per heavy atom. The van der Waals surface area contributed by atoms with Crippen LogP contribution in [0, 0.1) is 5.82 Å². The van der Waals surface area contributed by atoms with Crippen LogP contribution in [0.25, 0.3) is 0 Å². The molecule has 1 unspecified atom stereocenters. The molecular weight excluding hydrogens is 458 g/mol. The van der Waals surface area contributed by atoms with Crippen LogP contribution in [0.15, 0.2) is 29.3 Å². The fourth-order valence-corrected chi connectivity index (χ4v) is 3.21. The molecule has 0 aliphatic carbocycles. The highest BCUT2D eigenvalue weighted by Crippen LogP contribution is 2.20. The van der Waals surface area contributed by atoms with Crippen LogP contribution in [0.5, 0.6) is 0 Å². The molecule has 1 fully saturated rings. The number of piperidine rings is 1. The highest BCUT2D eigenvalue weighted by atomic mass is 127. The molecule has 5 nitrogen and oxygen atoms in total. The number of guanidine groups is 1. The molecule has 7 heteroatoms. The van der Waals surface area contributed by atoms with E-state index < -0.39 is 6.10 Å². The molecule has 1 aliphatic heterocycles. The summed E-state index contributed by atoms with van der Waals surface area (Å²) in [6, 6.07) is 5.92. The Bertz CT molecular complexity index is 574. The van der Waals surface area contributed by atoms with Crippen molar-refractivity contribution < 1.29 is 9.50 Å². The normalized spacial score (nSPS) is 17.1. The number of rotatable bonds is 7. The summed E-state index contributed by atoms with van der Waals surface area (Å²) in [5.74, 6) is 0.391. The van der Waals surface area contributed by atoms with E-state index in [2.05, 4.69) is 29.4 Å². The first-order valence-corrected chi connectivity index (χ1v) is 9.63. The van der Waals surface area contributed by atoms with E-state index in [-0.39, 0.29) is 35.3 Å². The van der Waals surface area contributed by atoms with E-state index in [0.717, 1.165) is 19.6 Å². The first kappa shape index (κ1) is 24.1. The third-order valence-electron chi connectivity index (χ3n) is 4.90. The number of aliphatic hydroxyl groups excluding tert-OH is 1. The molecule has 0 saturated carbocycles. The Morgan fingerprint density at radius 2 is 1.81 bits per heavy atom. The molecule has 154 valence electrons. The number of aliphatic imine (C=N–C) groups is 1. The van der Waals surface area contributed by atoms with Crippen LogP contribution in [0.3, 0.4) is 0 Å². The van der Waals surface area contributed by atoms with Gasteiger partial charge in [0, 0.05) is 18.6 Å². The predicted octanol–water partition coefficient (Wildman–Crippen LogP) is 3.30. The number of benzene rings is 1. The maximum atomic E-state index is 13.0. The molecule has 1 aromatic rings. The van der Waals surface area contributed by atoms with Crippen LogP contribution >= 0.6 is 24.0 Å². The standard InChI is InChI=1S/C20H33FN4O.HI/c1-4-22-19(23-14-18(26)16-8-10-17(21)11-9-16)24-15-20(2,3)25-12-6-5-7-13-25;/h8-11,18,26H,4-7,12-15H2,1-3H3,(H2,22,23,24);1H. The molecule has 1 atom stereocenters. The van der Waals surface area contributed by atoms with Gasteiger partial charge in [0.2, 0.25) is 0 Å². The monoisotopic (exact) mass is 492 g/mol. The summed E-state index contributed by atoms with van der Waals surface area (Å²) in [5.41, 5.74) is 0.696. The molecule has 1 heterocycles. The van der Waals surface area contributed by atoms with Crippen LogP contribution < -0.4 is 10.6 Å². The van der Waals surface area contributed by atoms with Gasteiger partial charge in [0.25, 0.3) is 0 Å². The lowest BCUT2D eigenvalue weighted by Gasteiger charge is -2.40. The Balaban J connectivity index is 0.00000364. The lowest BCUT2D eigenvalue weighted by molar-refractivity contribution is 0.102. The number of likely N-dealkylation sites (tertiary alicyclic amines) is 1. The summed E-state index contributed by atoms with van der Waals surface area (Å²) in [6.45, 7) is 10.5. The van der Waals surface area contributed by atoms with Gasteiger partial charge in [0.1, 0.15) is 5.82 Å². The average molecular weight is 492 g/mol. The summed E-state index contributed by atoms with van der Waals surface area (Å²) in [4.78, 5) is 7.23. The zero-order valence-electron chi connectivity index (χ0n) is 16.7. The minimum atomic E-state index is -0.713. The second-order valence-corrected chi connectivity index (χ2v) is 7.50. The van der Waals surface area contributed by atoms with Crippen molar-refractivity contribution in [3.8, 4) is 0 Å². The molecule has 1 saturated heterocycles. The lowest BCUT2D eigenvalue weighted by atomic mass is 9.99. The molecule has 0 radical (unpaired) electrons. The molecule has 2 rings (SSSR count). The Kier molecular flexibility index (Phi) is 10.5. The van der Waals surface area contributed by atoms with E-state index in [1.165, 1.54) is 31.4 Å². The van der Waals surface area contributed by atoms with Gasteiger partial charge in [-0.15, -0.1) is 24.0 Å². The van der Waals surface area contributed by atoms with Gasteiger partial charge >= 0.3 is 0 Å². The summed E-state index contributed by atoms with van der Waals surface area (Å²) in [7, 11) is 0. The quantitative estimate of drug-likeness (QED) is 0.311. The molecule has 1 aromatic carbocycles. The van der Waals surface area contributed by atoms with Crippen molar-refractivity contribution in [2.75, 3.05) is 32.7 Å². The number of nitrogens with zero attached hydrogens (tertiary/aromatic N) is 2. The predicted molar refractivity (Wildman–Crippen MR) is 120 cm³/mol. The number of aliphatic hydroxyl groups is 1. The van der Waals surface area contributed by atoms with E-state index in [1.54, 1.807) is 12.1 Å². The smallest absolute Gasteiger partial charge is 0.191 e. The number of hydrogen-bond donors (Lipinski definition) is 3. The van der Waals surface area contributed by atoms with Crippen LogP contribution in [0.4, 0.5) is 4.39 Å². The molecule has 0 bridgehead atoms. The van der Waals surface area contributed by atoms with Gasteiger partial charge in [0.05, 0.1) is 12.6 Å². The second kappa shape index (κ2) is 11.8. The molecule has 1 aliphatic rings. The van der Waals surface area contributed by atoms with Gasteiger partial charge in [-0.25, -0.2) is 4.39 Å². The van der Waals surface area contributed by atoms with Crippen LogP contribution in [-0.2, 0) is 0 Å². The van der Waals surface area contributed by atoms with Gasteiger partial charge in [-0.2, -0.15) is 0 Å². The summed E-state index contributed by atoms with van der Waals surface area (Å²) < 4.78 is 13.0. The maximum absolute atomic E-state index is 13.0. The van der Waals surface area contributed by atoms with Crippen molar-refractivity contribution in [1.29, 1.82) is 0 Å². The number of halogens is 2. The fourth-order valence-electron chi connectivity index (χ4n) is 3.21. The zero-order valence-corrected chi connectivity index (χ0v) is 19.0. The molecular formula is C20H34FIN4O. The molecule has 0 aromatic heterocycles. The van der Waals surface area contributed by atoms with E-state index in [1.807, 2.05) is 6.92 Å². The molecule has 27 heavy (non-hydrogen) atoms. The molecule has 0 spiro atoms. The number of hydrogen-bond acceptors (Lipinski definition) is 3. The zero-order chi connectivity index (χ0) is 19.0. The minimum Gasteiger partial charge on any atom is -0.387 e. The van der Waals surface area contributed by atoms with E-state index in [4.69, 9.17) is 4.99 Å². The third-order valence-corrected chi connectivity index (χ3v) is 4.90. The summed E-state index contributed by atoms with van der Waals surface area (Å²) in [5, 5.41) is 16.7. The summed E-state index contributed by atoms with van der Waals surface area (Å²) >= 11 is 0. The van der Waals surface area contributed by atoms with Crippen molar-refractivity contribution in [3.63, 3.8) is 0 Å². The van der Waals surface area contributed by atoms with Crippen molar-refractivity contribution in [2.45, 2.75) is 51.7 Å². The molecule has 3 N–H and O–H groups in total. The van der Waals surface area contributed by atoms with Crippen LogP contribution in [0.2, 0.25) is 0 Å². The fraction of sp³-hybridized carbons (Fsp3) is 0.650. The van der Waals surface area contributed by atoms with Crippen molar-refractivity contribution in [2.24, 2.45) is 4.99 Å². The first-order chi connectivity index (χ1) is 12.4. The Morgan fingerprint density at radius 1 is 1.19 bits per heavy atom. The second-order valence-electron chi connectivity index (χ2n) is 7.50. The Hall–Kier alpha value is -0.930. The van der Waals surface area contributed by atoms with Gasteiger partial charge < -0.3 is 15.7 Å². The minimum absolute atomic E-state index is 0. The van der Waals surface area contributed by atoms with Crippen LogP contribution in [0.1, 0.15) is 51.7 Å². The first-order valence-electron chi connectivity index (χ1n) is 9.63. The third kappa shape index (κ3) is 7.91. The van der Waals surface area contributed by atoms with Gasteiger partial charge in [0.15, 0.2) is 5.96 Å². The van der Waals surface area contributed by atoms with Crippen molar-refractivity contribution >= 4 is 29.9 Å². The lowest BCUT2D eigenvalue weighted by Crippen LogP contribution is -2.49. The van der Waals surface area contributed by atoms with Gasteiger partial charge in [-0.3, -0.25) is 9.89 Å². The topological polar surface area (TPSA) is 59.9 Å². The van der Waals surface area contributed by atoms with E-state index >= 15 is 0 Å². The van der Waals surface area contributed by atoms with Gasteiger partial charge in [-0.05, 0) is 64.4 Å². The highest BCUT2D eigenvalue weighted by molar-refractivity contribution is 14.0. The van der Waals surface area contributed by atoms with Crippen molar-refractivity contribution in [3.05, 3.63) is 35.6 Å². The van der Waals surface area contributed by atoms with Crippen LogP contribution in [-0.4, -0.2) is 54.2 Å². The van der Waals surface area contributed by atoms with Gasteiger partial charge in [-0.1, -0.05) is 18.6 Å². The molecule has 0 amide bonds. The average Bonchev–Trinajstić information content (AvgIpc) is 2.65. The number of nitrogens with one attached hydrogen (secondary N) is 2. The largest absolute Gasteiger partial charge is 0.387 e. The SMILES string of the molecule is CCNC(=NCC(C)(C)N1CCCCC1)NCC(O)c1ccc(F)cc1.I. The maximum Gasteiger partial charge on any atom is 0.191 e.